The van der Waals surface area contributed by atoms with E-state index in [-0.39, 0.29) is 0 Å². The molecule has 2 aliphatic heterocycles. The zero-order chi connectivity index (χ0) is 16.6. The number of hydrogen-bond acceptors (Lipinski definition) is 6. The van der Waals surface area contributed by atoms with Gasteiger partial charge in [-0.05, 0) is 11.1 Å². The molecular weight excluding hydrogens is 306 g/mol. The molecule has 1 aromatic rings. The van der Waals surface area contributed by atoms with Gasteiger partial charge in [-0.3, -0.25) is 4.90 Å². The van der Waals surface area contributed by atoms with Crippen molar-refractivity contribution in [1.29, 1.82) is 0 Å². The van der Waals surface area contributed by atoms with Crippen LogP contribution in [0, 0.1) is 0 Å². The minimum absolute atomic E-state index is 0.554. The molecule has 0 saturated heterocycles. The number of anilines is 1. The summed E-state index contributed by atoms with van der Waals surface area (Å²) >= 11 is 0. The largest absolute Gasteiger partial charge is 0.499 e. The standard InChI is InChI=1S/C18H27N3O3/c1-2-22-12-13-24-10-7-20-6-9-23-11-8-21-15-17-5-3-4-16(14-20)18(17)19-21/h2-5,19H,1,6-15H2. The molecule has 0 fully saturated rings. The Hall–Kier alpha value is -1.60. The average molecular weight is 333 g/mol. The van der Waals surface area contributed by atoms with E-state index in [1.165, 1.54) is 23.1 Å². The fraction of sp³-hybridized carbons (Fsp3) is 0.556. The van der Waals surface area contributed by atoms with Crippen molar-refractivity contribution in [2.24, 2.45) is 0 Å². The topological polar surface area (TPSA) is 46.2 Å². The Labute approximate surface area is 143 Å². The monoisotopic (exact) mass is 333 g/mol. The number of ether oxygens (including phenoxy) is 3. The molecule has 132 valence electrons. The smallest absolute Gasteiger partial charge is 0.111 e. The first kappa shape index (κ1) is 17.2. The van der Waals surface area contributed by atoms with Gasteiger partial charge in [0.2, 0.25) is 0 Å². The van der Waals surface area contributed by atoms with Crippen molar-refractivity contribution in [2.45, 2.75) is 13.1 Å². The summed E-state index contributed by atoms with van der Waals surface area (Å²) in [6.45, 7) is 11.4. The molecule has 1 unspecified atom stereocenters. The van der Waals surface area contributed by atoms with Gasteiger partial charge in [0.15, 0.2) is 0 Å². The third-order valence-corrected chi connectivity index (χ3v) is 4.33. The molecule has 0 radical (unpaired) electrons. The van der Waals surface area contributed by atoms with Crippen LogP contribution in [0.3, 0.4) is 0 Å². The second-order valence-electron chi connectivity index (χ2n) is 6.02. The van der Waals surface area contributed by atoms with Gasteiger partial charge in [0.1, 0.15) is 6.61 Å². The summed E-state index contributed by atoms with van der Waals surface area (Å²) in [7, 11) is 0. The Morgan fingerprint density at radius 2 is 1.96 bits per heavy atom. The summed E-state index contributed by atoms with van der Waals surface area (Å²) in [6.07, 6.45) is 1.45. The van der Waals surface area contributed by atoms with Crippen LogP contribution in [0.1, 0.15) is 11.1 Å². The van der Waals surface area contributed by atoms with Crippen molar-refractivity contribution in [3.8, 4) is 0 Å². The van der Waals surface area contributed by atoms with E-state index in [0.29, 0.717) is 19.8 Å². The lowest BCUT2D eigenvalue weighted by Crippen LogP contribution is -2.31. The lowest BCUT2D eigenvalue weighted by Gasteiger charge is -2.23. The maximum Gasteiger partial charge on any atom is 0.111 e. The SMILES string of the molecule is C=COCCOCCN1CCOCCN2Cc3cccc(c3N2)C1. The van der Waals surface area contributed by atoms with E-state index in [1.807, 2.05) is 0 Å². The number of nitrogens with zero attached hydrogens (tertiary/aromatic N) is 2. The van der Waals surface area contributed by atoms with E-state index in [0.717, 1.165) is 45.9 Å². The number of hydrogen-bond donors (Lipinski definition) is 1. The molecule has 1 atom stereocenters. The Balaban J connectivity index is 1.57. The van der Waals surface area contributed by atoms with Crippen LogP contribution in [-0.4, -0.2) is 62.6 Å². The van der Waals surface area contributed by atoms with Crippen LogP contribution in [0.25, 0.3) is 0 Å². The van der Waals surface area contributed by atoms with E-state index in [2.05, 4.69) is 40.1 Å². The van der Waals surface area contributed by atoms with Gasteiger partial charge in [-0.2, -0.15) is 0 Å². The molecule has 2 bridgehead atoms. The Morgan fingerprint density at radius 1 is 1.12 bits per heavy atom. The molecule has 24 heavy (non-hydrogen) atoms. The van der Waals surface area contributed by atoms with Crippen molar-refractivity contribution in [2.75, 3.05) is 58.1 Å². The van der Waals surface area contributed by atoms with Crippen molar-refractivity contribution in [3.63, 3.8) is 0 Å². The van der Waals surface area contributed by atoms with Gasteiger partial charge >= 0.3 is 0 Å². The number of rotatable bonds is 7. The molecule has 6 nitrogen and oxygen atoms in total. The van der Waals surface area contributed by atoms with Crippen LogP contribution in [0.2, 0.25) is 0 Å². The van der Waals surface area contributed by atoms with Crippen LogP contribution in [-0.2, 0) is 27.3 Å². The first-order valence-electron chi connectivity index (χ1n) is 8.59. The van der Waals surface area contributed by atoms with Crippen LogP contribution in [0.5, 0.6) is 0 Å². The van der Waals surface area contributed by atoms with Gasteiger partial charge in [-0.1, -0.05) is 24.8 Å². The van der Waals surface area contributed by atoms with Gasteiger partial charge in [0, 0.05) is 32.7 Å². The Morgan fingerprint density at radius 3 is 2.83 bits per heavy atom. The van der Waals surface area contributed by atoms with Crippen molar-refractivity contribution in [1.82, 2.24) is 9.91 Å². The summed E-state index contributed by atoms with van der Waals surface area (Å²) < 4.78 is 16.5. The van der Waals surface area contributed by atoms with Crippen LogP contribution in [0.15, 0.2) is 31.0 Å². The predicted molar refractivity (Wildman–Crippen MR) is 93.5 cm³/mol. The van der Waals surface area contributed by atoms with Crippen LogP contribution < -0.4 is 5.43 Å². The van der Waals surface area contributed by atoms with E-state index in [1.54, 1.807) is 0 Å². The molecule has 1 aromatic carbocycles. The first-order valence-corrected chi connectivity index (χ1v) is 8.59. The van der Waals surface area contributed by atoms with Crippen LogP contribution in [0.4, 0.5) is 5.69 Å². The zero-order valence-corrected chi connectivity index (χ0v) is 14.2. The fourth-order valence-electron chi connectivity index (χ4n) is 3.07. The van der Waals surface area contributed by atoms with Crippen molar-refractivity contribution >= 4 is 5.69 Å². The van der Waals surface area contributed by atoms with E-state index in [9.17, 15) is 0 Å². The predicted octanol–water partition coefficient (Wildman–Crippen LogP) is 1.84. The zero-order valence-electron chi connectivity index (χ0n) is 14.2. The number of hydrazine groups is 1. The first-order chi connectivity index (χ1) is 11.9. The fourth-order valence-corrected chi connectivity index (χ4v) is 3.07. The summed E-state index contributed by atoms with van der Waals surface area (Å²) in [5, 5.41) is 2.23. The summed E-state index contributed by atoms with van der Waals surface area (Å²) in [6, 6.07) is 6.56. The summed E-state index contributed by atoms with van der Waals surface area (Å²) in [4.78, 5) is 2.39. The van der Waals surface area contributed by atoms with Crippen molar-refractivity contribution in [3.05, 3.63) is 42.2 Å². The molecule has 0 spiro atoms. The third-order valence-electron chi connectivity index (χ3n) is 4.33. The Kier molecular flexibility index (Phi) is 6.48. The molecule has 0 aromatic heterocycles. The highest BCUT2D eigenvalue weighted by molar-refractivity contribution is 5.59. The quantitative estimate of drug-likeness (QED) is 0.607. The molecule has 0 amide bonds. The van der Waals surface area contributed by atoms with Gasteiger partial charge in [-0.15, -0.1) is 0 Å². The molecule has 6 heteroatoms. The maximum atomic E-state index is 5.78. The van der Waals surface area contributed by atoms with E-state index in [4.69, 9.17) is 14.2 Å². The lowest BCUT2D eigenvalue weighted by atomic mass is 10.1. The molecule has 2 heterocycles. The lowest BCUT2D eigenvalue weighted by molar-refractivity contribution is 0.0516. The minimum Gasteiger partial charge on any atom is -0.499 e. The van der Waals surface area contributed by atoms with Gasteiger partial charge in [-0.25, -0.2) is 5.01 Å². The third kappa shape index (κ3) is 4.70. The normalized spacial score (nSPS) is 20.9. The number of fused-ring (bicyclic) bond motifs is 1. The van der Waals surface area contributed by atoms with Crippen molar-refractivity contribution < 1.29 is 14.2 Å². The highest BCUT2D eigenvalue weighted by Gasteiger charge is 2.22. The maximum absolute atomic E-state index is 5.78. The van der Waals surface area contributed by atoms with Gasteiger partial charge in [0.25, 0.3) is 0 Å². The highest BCUT2D eigenvalue weighted by Crippen LogP contribution is 2.29. The molecule has 2 aliphatic rings. The summed E-state index contributed by atoms with van der Waals surface area (Å²) in [5.74, 6) is 0. The van der Waals surface area contributed by atoms with Gasteiger partial charge < -0.3 is 19.6 Å². The number of nitrogens with one attached hydrogen (secondary N) is 1. The summed E-state index contributed by atoms with van der Waals surface area (Å²) in [5.41, 5.74) is 7.51. The van der Waals surface area contributed by atoms with E-state index < -0.39 is 0 Å². The van der Waals surface area contributed by atoms with E-state index >= 15 is 0 Å². The molecule has 0 saturated carbocycles. The molecule has 0 aliphatic carbocycles. The van der Waals surface area contributed by atoms with Crippen LogP contribution >= 0.6 is 0 Å². The second-order valence-corrected chi connectivity index (χ2v) is 6.02. The minimum atomic E-state index is 0.554. The van der Waals surface area contributed by atoms with Gasteiger partial charge in [0.05, 0.1) is 38.4 Å². The molecular formula is C18H27N3O3. The molecule has 1 N–H and O–H groups in total. The number of para-hydroxylation sites is 1. The average Bonchev–Trinajstić information content (AvgIpc) is 2.99. The second kappa shape index (κ2) is 9.03. The number of benzene rings is 1. The molecule has 3 rings (SSSR count). The Bertz CT molecular complexity index is 538. The highest BCUT2D eigenvalue weighted by atomic mass is 16.5.